The number of halogens is 1. The zero-order valence-corrected chi connectivity index (χ0v) is 12.1. The molecule has 1 aromatic carbocycles. The van der Waals surface area contributed by atoms with Crippen molar-refractivity contribution in [2.45, 2.75) is 6.92 Å². The first-order chi connectivity index (χ1) is 8.08. The van der Waals surface area contributed by atoms with Crippen molar-refractivity contribution in [1.29, 1.82) is 0 Å². The summed E-state index contributed by atoms with van der Waals surface area (Å²) in [6.45, 7) is 2.54. The van der Waals surface area contributed by atoms with Gasteiger partial charge in [-0.25, -0.2) is 0 Å². The van der Waals surface area contributed by atoms with Crippen molar-refractivity contribution < 1.29 is 9.47 Å². The summed E-state index contributed by atoms with van der Waals surface area (Å²) in [5.74, 6) is 1.42. The van der Waals surface area contributed by atoms with Crippen LogP contribution >= 0.6 is 15.9 Å². The Labute approximate surface area is 110 Å². The minimum absolute atomic E-state index is 0.597. The minimum atomic E-state index is 0.597. The quantitative estimate of drug-likeness (QED) is 0.619. The fraction of sp³-hybridized carbons (Fsp3) is 0.417. The first-order valence-electron chi connectivity index (χ1n) is 5.30. The molecule has 0 aliphatic rings. The molecule has 5 heteroatoms. The fourth-order valence-corrected chi connectivity index (χ4v) is 1.86. The van der Waals surface area contributed by atoms with Gasteiger partial charge < -0.3 is 14.5 Å². The van der Waals surface area contributed by atoms with Crippen LogP contribution in [0.5, 0.6) is 11.5 Å². The summed E-state index contributed by atoms with van der Waals surface area (Å²) in [5, 5.41) is 5.91. The maximum Gasteiger partial charge on any atom is 0.175 e. The standard InChI is InChI=1S/C12H17BrN2O2/c1-5-17-12-10(13)6-9(7-11(12)16-4)8-14-15(2)3/h6-8H,5H2,1-4H3/b14-8+. The highest BCUT2D eigenvalue weighted by Gasteiger charge is 2.10. The second-order valence-corrected chi connectivity index (χ2v) is 4.41. The summed E-state index contributed by atoms with van der Waals surface area (Å²) < 4.78 is 11.7. The van der Waals surface area contributed by atoms with Crippen LogP contribution in [0.25, 0.3) is 0 Å². The Hall–Kier alpha value is -1.23. The van der Waals surface area contributed by atoms with E-state index in [0.717, 1.165) is 15.8 Å². The molecule has 0 saturated carbocycles. The molecule has 0 spiro atoms. The molecule has 0 unspecified atom stereocenters. The van der Waals surface area contributed by atoms with Crippen LogP contribution in [0.3, 0.4) is 0 Å². The van der Waals surface area contributed by atoms with Crippen LogP contribution in [-0.4, -0.2) is 39.0 Å². The van der Waals surface area contributed by atoms with Gasteiger partial charge in [0.1, 0.15) is 0 Å². The van der Waals surface area contributed by atoms with Crippen molar-refractivity contribution >= 4 is 22.1 Å². The van der Waals surface area contributed by atoms with Crippen LogP contribution in [0.2, 0.25) is 0 Å². The monoisotopic (exact) mass is 300 g/mol. The summed E-state index contributed by atoms with van der Waals surface area (Å²) >= 11 is 3.47. The van der Waals surface area contributed by atoms with E-state index in [-0.39, 0.29) is 0 Å². The maximum absolute atomic E-state index is 5.51. The zero-order valence-electron chi connectivity index (χ0n) is 10.5. The average Bonchev–Trinajstić information content (AvgIpc) is 2.29. The second kappa shape index (κ2) is 6.49. The number of methoxy groups -OCH3 is 1. The minimum Gasteiger partial charge on any atom is -0.493 e. The third kappa shape index (κ3) is 3.93. The topological polar surface area (TPSA) is 34.1 Å². The van der Waals surface area contributed by atoms with E-state index in [1.807, 2.05) is 33.2 Å². The summed E-state index contributed by atoms with van der Waals surface area (Å²) in [5.41, 5.74) is 0.950. The Bertz CT molecular complexity index is 406. The molecule has 0 radical (unpaired) electrons. The van der Waals surface area contributed by atoms with Gasteiger partial charge in [0, 0.05) is 14.1 Å². The molecule has 94 valence electrons. The molecule has 0 amide bonds. The van der Waals surface area contributed by atoms with Gasteiger partial charge in [-0.1, -0.05) is 0 Å². The largest absolute Gasteiger partial charge is 0.493 e. The molecular weight excluding hydrogens is 284 g/mol. The lowest BCUT2D eigenvalue weighted by atomic mass is 10.2. The van der Waals surface area contributed by atoms with Gasteiger partial charge in [-0.05, 0) is 40.5 Å². The fourth-order valence-electron chi connectivity index (χ4n) is 1.28. The average molecular weight is 301 g/mol. The Morgan fingerprint density at radius 2 is 2.12 bits per heavy atom. The van der Waals surface area contributed by atoms with E-state index in [0.29, 0.717) is 12.4 Å². The Balaban J connectivity index is 3.08. The van der Waals surface area contributed by atoms with Crippen molar-refractivity contribution in [3.05, 3.63) is 22.2 Å². The molecule has 0 fully saturated rings. The van der Waals surface area contributed by atoms with Gasteiger partial charge in [0.15, 0.2) is 11.5 Å². The number of hydrogen-bond donors (Lipinski definition) is 0. The van der Waals surface area contributed by atoms with E-state index in [1.54, 1.807) is 18.3 Å². The van der Waals surface area contributed by atoms with E-state index < -0.39 is 0 Å². The highest BCUT2D eigenvalue weighted by molar-refractivity contribution is 9.10. The predicted octanol–water partition coefficient (Wildman–Crippen LogP) is 2.75. The number of hydrogen-bond acceptors (Lipinski definition) is 4. The molecule has 4 nitrogen and oxygen atoms in total. The van der Waals surface area contributed by atoms with Gasteiger partial charge in [0.25, 0.3) is 0 Å². The van der Waals surface area contributed by atoms with E-state index in [2.05, 4.69) is 21.0 Å². The molecule has 0 atom stereocenters. The zero-order chi connectivity index (χ0) is 12.8. The highest BCUT2D eigenvalue weighted by atomic mass is 79.9. The Morgan fingerprint density at radius 1 is 1.41 bits per heavy atom. The molecule has 17 heavy (non-hydrogen) atoms. The first kappa shape index (κ1) is 13.8. The molecule has 0 aromatic heterocycles. The molecule has 1 aromatic rings. The second-order valence-electron chi connectivity index (χ2n) is 3.56. The Morgan fingerprint density at radius 3 is 2.65 bits per heavy atom. The van der Waals surface area contributed by atoms with Gasteiger partial charge in [0.2, 0.25) is 0 Å². The van der Waals surface area contributed by atoms with Crippen LogP contribution in [0.1, 0.15) is 12.5 Å². The van der Waals surface area contributed by atoms with Crippen LogP contribution in [0, 0.1) is 0 Å². The normalized spacial score (nSPS) is 10.6. The van der Waals surface area contributed by atoms with E-state index >= 15 is 0 Å². The molecular formula is C12H17BrN2O2. The summed E-state index contributed by atoms with van der Waals surface area (Å²) in [4.78, 5) is 0. The van der Waals surface area contributed by atoms with E-state index in [1.165, 1.54) is 0 Å². The first-order valence-corrected chi connectivity index (χ1v) is 6.09. The van der Waals surface area contributed by atoms with Crippen molar-refractivity contribution in [1.82, 2.24) is 5.01 Å². The van der Waals surface area contributed by atoms with Crippen molar-refractivity contribution in [2.75, 3.05) is 27.8 Å². The molecule has 1 rings (SSSR count). The summed E-state index contributed by atoms with van der Waals surface area (Å²) in [7, 11) is 5.37. The molecule has 0 aliphatic carbocycles. The van der Waals surface area contributed by atoms with Crippen molar-refractivity contribution in [3.8, 4) is 11.5 Å². The van der Waals surface area contributed by atoms with Gasteiger partial charge in [-0.2, -0.15) is 5.10 Å². The number of hydrazone groups is 1. The van der Waals surface area contributed by atoms with E-state index in [9.17, 15) is 0 Å². The van der Waals surface area contributed by atoms with Crippen molar-refractivity contribution in [2.24, 2.45) is 5.10 Å². The SMILES string of the molecule is CCOc1c(Br)cc(/C=N/N(C)C)cc1OC. The highest BCUT2D eigenvalue weighted by Crippen LogP contribution is 2.36. The molecule has 0 heterocycles. The summed E-state index contributed by atoms with van der Waals surface area (Å²) in [6.07, 6.45) is 1.77. The van der Waals surface area contributed by atoms with Crippen molar-refractivity contribution in [3.63, 3.8) is 0 Å². The molecule has 0 aliphatic heterocycles. The predicted molar refractivity (Wildman–Crippen MR) is 73.1 cm³/mol. The lowest BCUT2D eigenvalue weighted by Crippen LogP contribution is -2.02. The van der Waals surface area contributed by atoms with Crippen LogP contribution in [0.4, 0.5) is 0 Å². The van der Waals surface area contributed by atoms with Gasteiger partial charge in [0.05, 0.1) is 24.4 Å². The number of ether oxygens (including phenoxy) is 2. The lowest BCUT2D eigenvalue weighted by Gasteiger charge is -2.12. The molecule has 0 bridgehead atoms. The lowest BCUT2D eigenvalue weighted by molar-refractivity contribution is 0.309. The molecule has 0 N–H and O–H groups in total. The number of rotatable bonds is 5. The van der Waals surface area contributed by atoms with Crippen LogP contribution < -0.4 is 9.47 Å². The van der Waals surface area contributed by atoms with Crippen LogP contribution in [0.15, 0.2) is 21.7 Å². The summed E-state index contributed by atoms with van der Waals surface area (Å²) in [6, 6.07) is 3.84. The number of benzene rings is 1. The van der Waals surface area contributed by atoms with Crippen LogP contribution in [-0.2, 0) is 0 Å². The van der Waals surface area contributed by atoms with Gasteiger partial charge in [-0.3, -0.25) is 0 Å². The van der Waals surface area contributed by atoms with Gasteiger partial charge >= 0.3 is 0 Å². The van der Waals surface area contributed by atoms with Gasteiger partial charge in [-0.15, -0.1) is 0 Å². The molecule has 0 saturated heterocycles. The maximum atomic E-state index is 5.51. The third-order valence-electron chi connectivity index (χ3n) is 1.98. The Kier molecular flexibility index (Phi) is 5.28. The third-order valence-corrected chi connectivity index (χ3v) is 2.57. The number of nitrogens with zero attached hydrogens (tertiary/aromatic N) is 2. The smallest absolute Gasteiger partial charge is 0.175 e. The van der Waals surface area contributed by atoms with E-state index in [4.69, 9.17) is 9.47 Å².